The minimum absolute atomic E-state index is 0. The zero-order valence-corrected chi connectivity index (χ0v) is 14.2. The summed E-state index contributed by atoms with van der Waals surface area (Å²) in [6.07, 6.45) is 4.16. The molecule has 4 nitrogen and oxygen atoms in total. The van der Waals surface area contributed by atoms with E-state index in [9.17, 15) is 8.42 Å². The van der Waals surface area contributed by atoms with Crippen LogP contribution in [0.3, 0.4) is 0 Å². The van der Waals surface area contributed by atoms with Gasteiger partial charge in [-0.25, -0.2) is 13.1 Å². The van der Waals surface area contributed by atoms with Crippen LogP contribution in [-0.2, 0) is 10.0 Å². The third-order valence-corrected chi connectivity index (χ3v) is 7.24. The summed E-state index contributed by atoms with van der Waals surface area (Å²) < 4.78 is 28.5. The van der Waals surface area contributed by atoms with Gasteiger partial charge in [0.25, 0.3) is 0 Å². The predicted molar refractivity (Wildman–Crippen MR) is 82.6 cm³/mol. The summed E-state index contributed by atoms with van der Waals surface area (Å²) in [5.41, 5.74) is 0. The first kappa shape index (κ1) is 15.7. The maximum Gasteiger partial charge on any atom is 0.250 e. The van der Waals surface area contributed by atoms with E-state index in [4.69, 9.17) is 0 Å². The molecule has 0 saturated carbocycles. The molecule has 3 heterocycles. The van der Waals surface area contributed by atoms with Gasteiger partial charge >= 0.3 is 0 Å². The van der Waals surface area contributed by atoms with Crippen molar-refractivity contribution >= 4 is 49.7 Å². The molecule has 0 radical (unpaired) electrons. The zero-order chi connectivity index (χ0) is 12.8. The lowest BCUT2D eigenvalue weighted by Gasteiger charge is -2.29. The van der Waals surface area contributed by atoms with Gasteiger partial charge in [-0.05, 0) is 53.7 Å². The van der Waals surface area contributed by atoms with E-state index < -0.39 is 10.0 Å². The molecule has 2 aliphatic heterocycles. The Bertz CT molecular complexity index is 537. The molecular formula is C11H16BrClN2O2S2. The molecule has 2 bridgehead atoms. The number of rotatable bonds is 3. The summed E-state index contributed by atoms with van der Waals surface area (Å²) in [6, 6.07) is 4.48. The minimum atomic E-state index is -3.35. The second-order valence-corrected chi connectivity index (χ2v) is 9.39. The van der Waals surface area contributed by atoms with Crippen molar-refractivity contribution in [2.75, 3.05) is 0 Å². The average Bonchev–Trinajstić information content (AvgIpc) is 2.85. The fourth-order valence-electron chi connectivity index (χ4n) is 2.87. The second-order valence-electron chi connectivity index (χ2n) is 4.99. The Kier molecular flexibility index (Phi) is 4.96. The number of sulfonamides is 1. The second kappa shape index (κ2) is 5.99. The summed E-state index contributed by atoms with van der Waals surface area (Å²) >= 11 is 4.55. The molecule has 19 heavy (non-hydrogen) atoms. The van der Waals surface area contributed by atoms with Crippen molar-refractivity contribution in [2.24, 2.45) is 0 Å². The summed E-state index contributed by atoms with van der Waals surface area (Å²) in [6.45, 7) is 0. The fourth-order valence-corrected chi connectivity index (χ4v) is 6.16. The quantitative estimate of drug-likeness (QED) is 0.838. The van der Waals surface area contributed by atoms with E-state index >= 15 is 0 Å². The predicted octanol–water partition coefficient (Wildman–Crippen LogP) is 2.49. The smallest absolute Gasteiger partial charge is 0.250 e. The van der Waals surface area contributed by atoms with Crippen LogP contribution in [0.25, 0.3) is 0 Å². The Hall–Kier alpha value is 0.340. The molecule has 0 aromatic carbocycles. The summed E-state index contributed by atoms with van der Waals surface area (Å²) in [7, 11) is -3.35. The summed E-state index contributed by atoms with van der Waals surface area (Å²) in [4.78, 5) is 0. The van der Waals surface area contributed by atoms with Crippen LogP contribution in [0.15, 0.2) is 20.1 Å². The van der Waals surface area contributed by atoms with E-state index in [1.807, 2.05) is 0 Å². The molecule has 108 valence electrons. The molecule has 1 aromatic heterocycles. The van der Waals surface area contributed by atoms with Crippen LogP contribution in [0, 0.1) is 0 Å². The lowest BCUT2D eigenvalue weighted by Crippen LogP contribution is -2.47. The standard InChI is InChI=1S/C11H15BrN2O2S2.ClH/c12-10-3-4-11(17-10)18(15,16)14-9-5-7-1-2-8(6-9)13-7;/h3-4,7-9,13-14H,1-2,5-6H2;1H. The molecule has 2 aliphatic rings. The highest BCUT2D eigenvalue weighted by molar-refractivity contribution is 9.11. The number of fused-ring (bicyclic) bond motifs is 2. The van der Waals surface area contributed by atoms with Crippen molar-refractivity contribution < 1.29 is 8.42 Å². The van der Waals surface area contributed by atoms with Crippen LogP contribution in [-0.4, -0.2) is 26.5 Å². The van der Waals surface area contributed by atoms with Gasteiger partial charge in [-0.3, -0.25) is 0 Å². The Labute approximate surface area is 131 Å². The third kappa shape index (κ3) is 3.51. The van der Waals surface area contributed by atoms with Crippen LogP contribution >= 0.6 is 39.7 Å². The van der Waals surface area contributed by atoms with E-state index in [-0.39, 0.29) is 18.4 Å². The van der Waals surface area contributed by atoms with Gasteiger partial charge in [0.15, 0.2) is 0 Å². The van der Waals surface area contributed by atoms with Crippen LogP contribution in [0.1, 0.15) is 25.7 Å². The summed E-state index contributed by atoms with van der Waals surface area (Å²) in [5.74, 6) is 0. The number of nitrogens with one attached hydrogen (secondary N) is 2. The molecule has 2 atom stereocenters. The van der Waals surface area contributed by atoms with Crippen molar-refractivity contribution in [3.05, 3.63) is 15.9 Å². The monoisotopic (exact) mass is 386 g/mol. The van der Waals surface area contributed by atoms with Crippen molar-refractivity contribution in [3.8, 4) is 0 Å². The molecule has 0 aliphatic carbocycles. The molecule has 2 saturated heterocycles. The highest BCUT2D eigenvalue weighted by atomic mass is 79.9. The van der Waals surface area contributed by atoms with E-state index in [1.165, 1.54) is 24.2 Å². The highest BCUT2D eigenvalue weighted by Crippen LogP contribution is 2.30. The average molecular weight is 388 g/mol. The van der Waals surface area contributed by atoms with Gasteiger partial charge in [0.2, 0.25) is 10.0 Å². The number of halogens is 2. The lowest BCUT2D eigenvalue weighted by atomic mass is 10.0. The normalized spacial score (nSPS) is 30.1. The van der Waals surface area contributed by atoms with Gasteiger partial charge in [0.1, 0.15) is 4.21 Å². The van der Waals surface area contributed by atoms with Gasteiger partial charge in [-0.15, -0.1) is 23.7 Å². The molecule has 0 amide bonds. The van der Waals surface area contributed by atoms with Gasteiger partial charge in [0, 0.05) is 18.1 Å². The Morgan fingerprint density at radius 3 is 2.42 bits per heavy atom. The maximum atomic E-state index is 12.2. The number of hydrogen-bond donors (Lipinski definition) is 2. The Morgan fingerprint density at radius 1 is 1.26 bits per heavy atom. The number of thiophene rings is 1. The molecular weight excluding hydrogens is 372 g/mol. The molecule has 2 unspecified atom stereocenters. The van der Waals surface area contributed by atoms with Crippen LogP contribution in [0.2, 0.25) is 0 Å². The van der Waals surface area contributed by atoms with Gasteiger partial charge < -0.3 is 5.32 Å². The van der Waals surface area contributed by atoms with Crippen molar-refractivity contribution in [1.29, 1.82) is 0 Å². The van der Waals surface area contributed by atoms with Crippen LogP contribution in [0.5, 0.6) is 0 Å². The maximum absolute atomic E-state index is 12.2. The first-order valence-electron chi connectivity index (χ1n) is 6.07. The zero-order valence-electron chi connectivity index (χ0n) is 10.1. The first-order valence-corrected chi connectivity index (χ1v) is 9.16. The lowest BCUT2D eigenvalue weighted by molar-refractivity contribution is 0.345. The molecule has 3 rings (SSSR count). The van der Waals surface area contributed by atoms with Crippen LogP contribution < -0.4 is 10.0 Å². The largest absolute Gasteiger partial charge is 0.311 e. The molecule has 8 heteroatoms. The van der Waals surface area contributed by atoms with E-state index in [1.54, 1.807) is 12.1 Å². The molecule has 2 N–H and O–H groups in total. The summed E-state index contributed by atoms with van der Waals surface area (Å²) in [5, 5.41) is 3.51. The van der Waals surface area contributed by atoms with Gasteiger partial charge in [0.05, 0.1) is 3.79 Å². The Balaban J connectivity index is 0.00000133. The molecule has 0 spiro atoms. The first-order chi connectivity index (χ1) is 8.53. The van der Waals surface area contributed by atoms with Crippen LogP contribution in [0.4, 0.5) is 0 Å². The number of hydrogen-bond acceptors (Lipinski definition) is 4. The highest BCUT2D eigenvalue weighted by Gasteiger charge is 2.35. The van der Waals surface area contributed by atoms with E-state index in [2.05, 4.69) is 26.0 Å². The van der Waals surface area contributed by atoms with E-state index in [0.717, 1.165) is 16.6 Å². The third-order valence-electron chi connectivity index (χ3n) is 3.61. The molecule has 1 aromatic rings. The molecule has 2 fully saturated rings. The van der Waals surface area contributed by atoms with Gasteiger partial charge in [-0.1, -0.05) is 0 Å². The SMILES string of the molecule is Cl.O=S(=O)(NC1CC2CCC(C1)N2)c1ccc(Br)s1. The number of piperidine rings is 1. The van der Waals surface area contributed by atoms with Crippen molar-refractivity contribution in [3.63, 3.8) is 0 Å². The Morgan fingerprint density at radius 2 is 1.89 bits per heavy atom. The van der Waals surface area contributed by atoms with Crippen molar-refractivity contribution in [1.82, 2.24) is 10.0 Å². The van der Waals surface area contributed by atoms with Gasteiger partial charge in [-0.2, -0.15) is 0 Å². The minimum Gasteiger partial charge on any atom is -0.311 e. The fraction of sp³-hybridized carbons (Fsp3) is 0.636. The van der Waals surface area contributed by atoms with E-state index in [0.29, 0.717) is 16.3 Å². The topological polar surface area (TPSA) is 58.2 Å². The van der Waals surface area contributed by atoms with Crippen molar-refractivity contribution in [2.45, 2.75) is 48.0 Å².